The van der Waals surface area contributed by atoms with Crippen LogP contribution in [0.2, 0.25) is 0 Å². The Morgan fingerprint density at radius 3 is 1.84 bits per heavy atom. The first-order valence-electron chi connectivity index (χ1n) is 7.45. The molecule has 19 heteroatoms. The highest BCUT2D eigenvalue weighted by molar-refractivity contribution is 5.94. The maximum Gasteiger partial charge on any atom is 0.411 e. The Kier molecular flexibility index (Phi) is 7.04. The molecule has 1 rings (SSSR count). The molecule has 0 unspecified atom stereocenters. The standard InChI is InChI=1S/C13H8F12O7/c14-7(15)9(16,17)11(20,21)13(24,25)12(22,23)10(18,19)8(30)32-5-3(28)4(2(27)1-26)31-6(5)29/h2,4,7,26-28H,1H2/t2-,4+/m0/s1. The molecule has 3 N–H and O–H groups in total. The molecule has 186 valence electrons. The van der Waals surface area contributed by atoms with Crippen molar-refractivity contribution in [2.75, 3.05) is 6.61 Å². The number of hydrogen-bond donors (Lipinski definition) is 3. The molecule has 0 aromatic carbocycles. The Morgan fingerprint density at radius 2 is 1.44 bits per heavy atom. The van der Waals surface area contributed by atoms with Gasteiger partial charge in [0.1, 0.15) is 6.10 Å². The van der Waals surface area contributed by atoms with Crippen molar-refractivity contribution in [3.05, 3.63) is 11.5 Å². The number of alkyl halides is 12. The summed E-state index contributed by atoms with van der Waals surface area (Å²) in [6.45, 7) is -1.31. The first-order valence-corrected chi connectivity index (χ1v) is 7.45. The van der Waals surface area contributed by atoms with Gasteiger partial charge in [-0.1, -0.05) is 0 Å². The van der Waals surface area contributed by atoms with Crippen LogP contribution in [0.25, 0.3) is 0 Å². The van der Waals surface area contributed by atoms with Crippen LogP contribution in [-0.4, -0.2) is 82.1 Å². The summed E-state index contributed by atoms with van der Waals surface area (Å²) in [5.74, 6) is -48.4. The molecule has 0 aliphatic carbocycles. The lowest BCUT2D eigenvalue weighted by Crippen LogP contribution is -2.70. The highest BCUT2D eigenvalue weighted by Gasteiger charge is 2.89. The van der Waals surface area contributed by atoms with E-state index in [0.717, 1.165) is 0 Å². The van der Waals surface area contributed by atoms with Gasteiger partial charge in [0.15, 0.2) is 11.9 Å². The molecular formula is C13H8F12O7. The monoisotopic (exact) mass is 504 g/mol. The van der Waals surface area contributed by atoms with E-state index in [-0.39, 0.29) is 0 Å². The van der Waals surface area contributed by atoms with Gasteiger partial charge in [0.2, 0.25) is 0 Å². The first kappa shape index (κ1) is 27.6. The van der Waals surface area contributed by atoms with Gasteiger partial charge in [0, 0.05) is 0 Å². The van der Waals surface area contributed by atoms with Gasteiger partial charge >= 0.3 is 48.0 Å². The minimum atomic E-state index is -8.02. The van der Waals surface area contributed by atoms with E-state index < -0.39 is 78.3 Å². The third-order valence-electron chi connectivity index (χ3n) is 3.78. The predicted molar refractivity (Wildman–Crippen MR) is 69.5 cm³/mol. The van der Waals surface area contributed by atoms with Gasteiger partial charge in [-0.25, -0.2) is 18.4 Å². The minimum absolute atomic E-state index is 1.31. The van der Waals surface area contributed by atoms with Gasteiger partial charge in [-0.2, -0.15) is 43.9 Å². The third kappa shape index (κ3) is 3.80. The van der Waals surface area contributed by atoms with Crippen molar-refractivity contribution in [3.63, 3.8) is 0 Å². The van der Waals surface area contributed by atoms with Crippen LogP contribution in [-0.2, 0) is 19.1 Å². The normalized spacial score (nSPS) is 20.0. The molecule has 1 aliphatic rings. The van der Waals surface area contributed by atoms with Crippen LogP contribution in [0.4, 0.5) is 52.7 Å². The minimum Gasteiger partial charge on any atom is -0.505 e. The topological polar surface area (TPSA) is 113 Å². The number of aliphatic hydroxyl groups excluding tert-OH is 3. The van der Waals surface area contributed by atoms with Crippen molar-refractivity contribution < 1.29 is 87.1 Å². The predicted octanol–water partition coefficient (Wildman–Crippen LogP) is 2.02. The average molecular weight is 504 g/mol. The molecule has 32 heavy (non-hydrogen) atoms. The second-order valence-electron chi connectivity index (χ2n) is 5.90. The average Bonchev–Trinajstić information content (AvgIpc) is 2.94. The summed E-state index contributed by atoms with van der Waals surface area (Å²) in [5.41, 5.74) is 0. The molecule has 0 saturated heterocycles. The summed E-state index contributed by atoms with van der Waals surface area (Å²) < 4.78 is 164. The Labute approximate surface area is 166 Å². The van der Waals surface area contributed by atoms with Crippen LogP contribution >= 0.6 is 0 Å². The lowest BCUT2D eigenvalue weighted by atomic mass is 9.94. The van der Waals surface area contributed by atoms with Crippen LogP contribution in [0.5, 0.6) is 0 Å². The van der Waals surface area contributed by atoms with E-state index in [1.54, 1.807) is 0 Å². The lowest BCUT2D eigenvalue weighted by molar-refractivity contribution is -0.408. The molecule has 0 spiro atoms. The highest BCUT2D eigenvalue weighted by atomic mass is 19.4. The van der Waals surface area contributed by atoms with Gasteiger partial charge < -0.3 is 24.8 Å². The van der Waals surface area contributed by atoms with E-state index in [1.807, 2.05) is 0 Å². The largest absolute Gasteiger partial charge is 0.505 e. The van der Waals surface area contributed by atoms with Crippen molar-refractivity contribution in [1.82, 2.24) is 0 Å². The van der Waals surface area contributed by atoms with Crippen LogP contribution in [0.1, 0.15) is 0 Å². The van der Waals surface area contributed by atoms with Crippen LogP contribution < -0.4 is 0 Å². The Balaban J connectivity index is 3.37. The van der Waals surface area contributed by atoms with E-state index in [0.29, 0.717) is 0 Å². The maximum atomic E-state index is 13.6. The van der Waals surface area contributed by atoms with Crippen LogP contribution in [0, 0.1) is 0 Å². The van der Waals surface area contributed by atoms with Crippen molar-refractivity contribution in [2.45, 2.75) is 48.2 Å². The summed E-state index contributed by atoms with van der Waals surface area (Å²) >= 11 is 0. The van der Waals surface area contributed by atoms with E-state index in [9.17, 15) is 67.4 Å². The molecule has 2 atom stereocenters. The quantitative estimate of drug-likeness (QED) is 0.326. The zero-order chi connectivity index (χ0) is 25.7. The summed E-state index contributed by atoms with van der Waals surface area (Å²) in [5, 5.41) is 27.2. The van der Waals surface area contributed by atoms with E-state index >= 15 is 0 Å². The molecule has 0 radical (unpaired) electrons. The van der Waals surface area contributed by atoms with Crippen molar-refractivity contribution in [2.24, 2.45) is 0 Å². The second-order valence-corrected chi connectivity index (χ2v) is 5.90. The first-order chi connectivity index (χ1) is 14.1. The fourth-order valence-electron chi connectivity index (χ4n) is 1.93. The van der Waals surface area contributed by atoms with Crippen molar-refractivity contribution >= 4 is 11.9 Å². The Hall–Kier alpha value is -2.44. The smallest absolute Gasteiger partial charge is 0.411 e. The van der Waals surface area contributed by atoms with Crippen molar-refractivity contribution in [3.8, 4) is 0 Å². The number of carbonyl (C=O) groups excluding carboxylic acids is 2. The summed E-state index contributed by atoms with van der Waals surface area (Å²) in [6.07, 6.45) is -10.3. The Morgan fingerprint density at radius 1 is 0.969 bits per heavy atom. The molecule has 0 fully saturated rings. The number of cyclic esters (lactones) is 1. The van der Waals surface area contributed by atoms with Gasteiger partial charge in [-0.3, -0.25) is 0 Å². The van der Waals surface area contributed by atoms with Crippen LogP contribution in [0.3, 0.4) is 0 Å². The summed E-state index contributed by atoms with van der Waals surface area (Å²) in [7, 11) is 0. The molecule has 1 heterocycles. The molecule has 0 saturated carbocycles. The number of carbonyl (C=O) groups is 2. The van der Waals surface area contributed by atoms with E-state index in [4.69, 9.17) is 10.2 Å². The van der Waals surface area contributed by atoms with Crippen LogP contribution in [0.15, 0.2) is 11.5 Å². The molecule has 0 aromatic rings. The fourth-order valence-corrected chi connectivity index (χ4v) is 1.93. The molecule has 7 nitrogen and oxygen atoms in total. The second kappa shape index (κ2) is 8.16. The van der Waals surface area contributed by atoms with Gasteiger partial charge in [0.25, 0.3) is 5.76 Å². The number of halogens is 12. The third-order valence-corrected chi connectivity index (χ3v) is 3.78. The summed E-state index contributed by atoms with van der Waals surface area (Å²) in [4.78, 5) is 22.5. The molecular weight excluding hydrogens is 496 g/mol. The zero-order valence-electron chi connectivity index (χ0n) is 14.4. The lowest BCUT2D eigenvalue weighted by Gasteiger charge is -2.38. The molecule has 0 amide bonds. The number of aliphatic hydroxyl groups is 3. The number of ether oxygens (including phenoxy) is 2. The van der Waals surface area contributed by atoms with Crippen molar-refractivity contribution in [1.29, 1.82) is 0 Å². The molecule has 0 aromatic heterocycles. The van der Waals surface area contributed by atoms with Gasteiger partial charge in [-0.15, -0.1) is 0 Å². The number of hydrogen-bond acceptors (Lipinski definition) is 7. The Bertz CT molecular complexity index is 794. The highest BCUT2D eigenvalue weighted by Crippen LogP contribution is 2.58. The van der Waals surface area contributed by atoms with E-state index in [2.05, 4.69) is 9.47 Å². The van der Waals surface area contributed by atoms with Gasteiger partial charge in [0.05, 0.1) is 6.61 Å². The fraction of sp³-hybridized carbons (Fsp3) is 0.692. The SMILES string of the molecule is O=C1O[C@H]([C@@H](O)CO)C(O)=C1OC(=O)C(F)(F)C(F)(F)C(F)(F)C(F)(F)C(F)(F)C(F)F. The van der Waals surface area contributed by atoms with Gasteiger partial charge in [-0.05, 0) is 0 Å². The summed E-state index contributed by atoms with van der Waals surface area (Å²) in [6, 6.07) is 0. The maximum absolute atomic E-state index is 13.6. The zero-order valence-corrected chi connectivity index (χ0v) is 14.4. The number of esters is 2. The number of rotatable bonds is 9. The molecule has 1 aliphatic heterocycles. The van der Waals surface area contributed by atoms with E-state index in [1.165, 1.54) is 0 Å². The molecule has 0 bridgehead atoms.